The van der Waals surface area contributed by atoms with Crippen molar-refractivity contribution in [2.45, 2.75) is 24.8 Å². The standard InChI is InChI=1S/C15H22N2O6S/c1-10-6-7-12(24(20,21)17(3)4)8-13(10)16-15(19)11(2)23-14(18)9-22-5/h6-8,11H,9H2,1-5H3,(H,16,19). The van der Waals surface area contributed by atoms with Crippen LogP contribution in [-0.2, 0) is 29.1 Å². The third-order valence-electron chi connectivity index (χ3n) is 3.19. The second-order valence-corrected chi connectivity index (χ2v) is 7.47. The maximum Gasteiger partial charge on any atom is 0.332 e. The lowest BCUT2D eigenvalue weighted by Crippen LogP contribution is -2.31. The van der Waals surface area contributed by atoms with Gasteiger partial charge in [0.15, 0.2) is 6.10 Å². The van der Waals surface area contributed by atoms with Crippen LogP contribution in [0.15, 0.2) is 23.1 Å². The topological polar surface area (TPSA) is 102 Å². The minimum absolute atomic E-state index is 0.0532. The highest BCUT2D eigenvalue weighted by Crippen LogP contribution is 2.22. The number of ether oxygens (including phenoxy) is 2. The molecule has 0 radical (unpaired) electrons. The van der Waals surface area contributed by atoms with Crippen molar-refractivity contribution in [1.29, 1.82) is 0 Å². The maximum atomic E-state index is 12.2. The van der Waals surface area contributed by atoms with Crippen LogP contribution in [0, 0.1) is 6.92 Å². The molecule has 1 aromatic rings. The van der Waals surface area contributed by atoms with Gasteiger partial charge in [0, 0.05) is 26.9 Å². The van der Waals surface area contributed by atoms with Crippen molar-refractivity contribution < 1.29 is 27.5 Å². The van der Waals surface area contributed by atoms with Gasteiger partial charge < -0.3 is 14.8 Å². The fourth-order valence-corrected chi connectivity index (χ4v) is 2.67. The molecule has 0 bridgehead atoms. The fraction of sp³-hybridized carbons (Fsp3) is 0.467. The van der Waals surface area contributed by atoms with Crippen LogP contribution in [0.5, 0.6) is 0 Å². The van der Waals surface area contributed by atoms with Crippen LogP contribution in [0.25, 0.3) is 0 Å². The number of anilines is 1. The predicted molar refractivity (Wildman–Crippen MR) is 88.1 cm³/mol. The van der Waals surface area contributed by atoms with Gasteiger partial charge in [0.25, 0.3) is 5.91 Å². The van der Waals surface area contributed by atoms with Crippen molar-refractivity contribution in [2.75, 3.05) is 33.1 Å². The summed E-state index contributed by atoms with van der Waals surface area (Å²) in [6, 6.07) is 4.42. The molecule has 134 valence electrons. The molecular formula is C15H22N2O6S. The molecule has 24 heavy (non-hydrogen) atoms. The Morgan fingerprint density at radius 3 is 2.46 bits per heavy atom. The van der Waals surface area contributed by atoms with Gasteiger partial charge in [-0.15, -0.1) is 0 Å². The number of nitrogens with zero attached hydrogens (tertiary/aromatic N) is 1. The molecule has 1 atom stereocenters. The zero-order chi connectivity index (χ0) is 18.5. The highest BCUT2D eigenvalue weighted by molar-refractivity contribution is 7.89. The first kappa shape index (κ1) is 20.1. The lowest BCUT2D eigenvalue weighted by Gasteiger charge is -2.16. The van der Waals surface area contributed by atoms with E-state index < -0.39 is 28.0 Å². The minimum atomic E-state index is -3.62. The normalized spacial score (nSPS) is 12.8. The molecule has 0 aliphatic carbocycles. The van der Waals surface area contributed by atoms with Gasteiger partial charge in [0.1, 0.15) is 6.61 Å². The molecule has 1 aromatic carbocycles. The fourth-order valence-electron chi connectivity index (χ4n) is 1.74. The molecule has 0 fully saturated rings. The van der Waals surface area contributed by atoms with Crippen molar-refractivity contribution in [3.63, 3.8) is 0 Å². The summed E-state index contributed by atoms with van der Waals surface area (Å²) in [7, 11) is 0.564. The summed E-state index contributed by atoms with van der Waals surface area (Å²) in [5.41, 5.74) is 1.01. The highest BCUT2D eigenvalue weighted by Gasteiger charge is 2.21. The number of amides is 1. The third kappa shape index (κ3) is 5.02. The first-order valence-corrected chi connectivity index (χ1v) is 8.56. The van der Waals surface area contributed by atoms with Crippen LogP contribution in [0.3, 0.4) is 0 Å². The lowest BCUT2D eigenvalue weighted by atomic mass is 10.2. The Balaban J connectivity index is 2.95. The number of methoxy groups -OCH3 is 1. The summed E-state index contributed by atoms with van der Waals surface area (Å²) in [6.07, 6.45) is -1.04. The van der Waals surface area contributed by atoms with Crippen LogP contribution in [-0.4, -0.2) is 58.5 Å². The molecule has 0 spiro atoms. The van der Waals surface area contributed by atoms with Crippen molar-refractivity contribution >= 4 is 27.6 Å². The smallest absolute Gasteiger partial charge is 0.332 e. The summed E-state index contributed by atoms with van der Waals surface area (Å²) in [4.78, 5) is 23.5. The van der Waals surface area contributed by atoms with Gasteiger partial charge in [-0.05, 0) is 31.5 Å². The molecule has 1 N–H and O–H groups in total. The van der Waals surface area contributed by atoms with E-state index in [1.54, 1.807) is 13.0 Å². The van der Waals surface area contributed by atoms with Crippen LogP contribution >= 0.6 is 0 Å². The second kappa shape index (κ2) is 8.22. The van der Waals surface area contributed by atoms with Crippen LogP contribution in [0.2, 0.25) is 0 Å². The van der Waals surface area contributed by atoms with Crippen LogP contribution in [0.4, 0.5) is 5.69 Å². The van der Waals surface area contributed by atoms with Crippen molar-refractivity contribution in [3.05, 3.63) is 23.8 Å². The minimum Gasteiger partial charge on any atom is -0.451 e. The average Bonchev–Trinajstić information content (AvgIpc) is 2.49. The zero-order valence-corrected chi connectivity index (χ0v) is 15.1. The van der Waals surface area contributed by atoms with E-state index in [1.165, 1.54) is 40.3 Å². The Bertz CT molecular complexity index is 715. The van der Waals surface area contributed by atoms with E-state index in [1.807, 2.05) is 0 Å². The van der Waals surface area contributed by atoms with E-state index in [2.05, 4.69) is 10.1 Å². The molecule has 0 aliphatic rings. The molecule has 8 nitrogen and oxygen atoms in total. The third-order valence-corrected chi connectivity index (χ3v) is 5.00. The zero-order valence-electron chi connectivity index (χ0n) is 14.3. The summed E-state index contributed by atoms with van der Waals surface area (Å²) in [6.45, 7) is 2.88. The van der Waals surface area contributed by atoms with E-state index in [0.717, 1.165) is 4.31 Å². The number of benzene rings is 1. The van der Waals surface area contributed by atoms with Crippen molar-refractivity contribution in [1.82, 2.24) is 4.31 Å². The number of esters is 1. The van der Waals surface area contributed by atoms with E-state index in [0.29, 0.717) is 11.3 Å². The number of carbonyl (C=O) groups is 2. The van der Waals surface area contributed by atoms with Gasteiger partial charge in [-0.25, -0.2) is 17.5 Å². The Kier molecular flexibility index (Phi) is 6.88. The first-order chi connectivity index (χ1) is 11.1. The number of nitrogens with one attached hydrogen (secondary N) is 1. The summed E-state index contributed by atoms with van der Waals surface area (Å²) in [5, 5.41) is 2.57. The molecule has 1 amide bonds. The maximum absolute atomic E-state index is 12.2. The molecule has 0 saturated carbocycles. The molecule has 0 heterocycles. The Labute approximate surface area is 141 Å². The molecule has 0 aliphatic heterocycles. The summed E-state index contributed by atoms with van der Waals surface area (Å²) < 4.78 is 34.9. The van der Waals surface area contributed by atoms with Crippen molar-refractivity contribution in [2.24, 2.45) is 0 Å². The molecular weight excluding hydrogens is 336 g/mol. The molecule has 1 unspecified atom stereocenters. The van der Waals surface area contributed by atoms with E-state index in [4.69, 9.17) is 4.74 Å². The van der Waals surface area contributed by atoms with Gasteiger partial charge in [0.05, 0.1) is 4.90 Å². The average molecular weight is 358 g/mol. The monoisotopic (exact) mass is 358 g/mol. The van der Waals surface area contributed by atoms with E-state index >= 15 is 0 Å². The SMILES string of the molecule is COCC(=O)OC(C)C(=O)Nc1cc(S(=O)(=O)N(C)C)ccc1C. The Morgan fingerprint density at radius 1 is 1.29 bits per heavy atom. The Morgan fingerprint density at radius 2 is 1.92 bits per heavy atom. The number of aryl methyl sites for hydroxylation is 1. The Hall–Kier alpha value is -1.97. The van der Waals surface area contributed by atoms with Crippen LogP contribution < -0.4 is 5.32 Å². The van der Waals surface area contributed by atoms with Crippen molar-refractivity contribution in [3.8, 4) is 0 Å². The van der Waals surface area contributed by atoms with E-state index in [9.17, 15) is 18.0 Å². The molecule has 9 heteroatoms. The van der Waals surface area contributed by atoms with Gasteiger partial charge >= 0.3 is 5.97 Å². The first-order valence-electron chi connectivity index (χ1n) is 7.12. The summed E-state index contributed by atoms with van der Waals surface area (Å²) in [5.74, 6) is -1.23. The van der Waals surface area contributed by atoms with Gasteiger partial charge in [-0.2, -0.15) is 0 Å². The number of hydrogen-bond donors (Lipinski definition) is 1. The summed E-state index contributed by atoms with van der Waals surface area (Å²) >= 11 is 0. The lowest BCUT2D eigenvalue weighted by molar-refractivity contribution is -0.156. The largest absolute Gasteiger partial charge is 0.451 e. The molecule has 0 saturated heterocycles. The van der Waals surface area contributed by atoms with Gasteiger partial charge in [-0.3, -0.25) is 4.79 Å². The number of carbonyl (C=O) groups excluding carboxylic acids is 2. The second-order valence-electron chi connectivity index (χ2n) is 5.32. The van der Waals surface area contributed by atoms with Gasteiger partial charge in [-0.1, -0.05) is 6.07 Å². The van der Waals surface area contributed by atoms with Crippen LogP contribution in [0.1, 0.15) is 12.5 Å². The quantitative estimate of drug-likeness (QED) is 0.722. The van der Waals surface area contributed by atoms with Gasteiger partial charge in [0.2, 0.25) is 10.0 Å². The molecule has 1 rings (SSSR count). The number of rotatable bonds is 7. The number of sulfonamides is 1. The molecule has 0 aromatic heterocycles. The predicted octanol–water partition coefficient (Wildman–Crippen LogP) is 0.762. The number of hydrogen-bond acceptors (Lipinski definition) is 6. The van der Waals surface area contributed by atoms with E-state index in [-0.39, 0.29) is 11.5 Å². The highest BCUT2D eigenvalue weighted by atomic mass is 32.2.